The minimum Gasteiger partial charge on any atom is -0.206 e. The van der Waals surface area contributed by atoms with Crippen LogP contribution >= 0.6 is 0 Å². The van der Waals surface area contributed by atoms with Gasteiger partial charge in [0.05, 0.1) is 0 Å². The predicted molar refractivity (Wildman–Crippen MR) is 125 cm³/mol. The second kappa shape index (κ2) is 12.2. The molecule has 4 heteroatoms. The number of unbranched alkanes of at least 4 members (excludes halogenated alkanes) is 4. The van der Waals surface area contributed by atoms with Gasteiger partial charge in [0, 0.05) is 11.6 Å². The molecule has 0 nitrogen and oxygen atoms in total. The molecule has 2 saturated carbocycles. The Bertz CT molecular complexity index is 705. The lowest BCUT2D eigenvalue weighted by atomic mass is 9.68. The minimum atomic E-state index is -4.42. The summed E-state index contributed by atoms with van der Waals surface area (Å²) in [6.07, 6.45) is 14.9. The highest BCUT2D eigenvalue weighted by Gasteiger charge is 2.31. The first-order valence-electron chi connectivity index (χ1n) is 12.9. The zero-order valence-corrected chi connectivity index (χ0v) is 19.6. The summed E-state index contributed by atoms with van der Waals surface area (Å²) in [6.45, 7) is 2.27. The molecule has 0 heterocycles. The molecule has 3 rings (SSSR count). The Morgan fingerprint density at radius 2 is 1.47 bits per heavy atom. The maximum Gasteiger partial charge on any atom is 0.409 e. The second-order valence-corrected chi connectivity index (χ2v) is 10.3. The van der Waals surface area contributed by atoms with Gasteiger partial charge in [-0.1, -0.05) is 70.4 Å². The Morgan fingerprint density at radius 1 is 0.844 bits per heavy atom. The van der Waals surface area contributed by atoms with Crippen molar-refractivity contribution < 1.29 is 17.6 Å². The highest BCUT2D eigenvalue weighted by molar-refractivity contribution is 5.51. The fraction of sp³-hybridized carbons (Fsp3) is 0.714. The van der Waals surface area contributed by atoms with Crippen LogP contribution in [0, 0.1) is 23.6 Å². The highest BCUT2D eigenvalue weighted by Crippen LogP contribution is 2.44. The molecule has 1 aromatic rings. The van der Waals surface area contributed by atoms with E-state index < -0.39 is 12.0 Å². The molecule has 1 aromatic carbocycles. The van der Waals surface area contributed by atoms with Crippen molar-refractivity contribution in [3.8, 4) is 0 Å². The summed E-state index contributed by atoms with van der Waals surface area (Å²) in [7, 11) is 0. The molecule has 0 unspecified atom stereocenters. The summed E-state index contributed by atoms with van der Waals surface area (Å²) in [4.78, 5) is 0. The van der Waals surface area contributed by atoms with Crippen LogP contribution in [0.4, 0.5) is 17.6 Å². The molecule has 0 spiro atoms. The van der Waals surface area contributed by atoms with Crippen molar-refractivity contribution in [1.29, 1.82) is 0 Å². The molecule has 180 valence electrons. The Hall–Kier alpha value is -1.32. The number of hydrogen-bond donors (Lipinski definition) is 0. The van der Waals surface area contributed by atoms with Gasteiger partial charge in [-0.25, -0.2) is 4.39 Å². The number of halogens is 4. The van der Waals surface area contributed by atoms with Crippen molar-refractivity contribution in [2.45, 2.75) is 109 Å². The molecular weight excluding hydrogens is 412 g/mol. The molecule has 0 saturated heterocycles. The van der Waals surface area contributed by atoms with Crippen LogP contribution in [0.3, 0.4) is 0 Å². The van der Waals surface area contributed by atoms with E-state index in [-0.39, 0.29) is 11.6 Å². The first kappa shape index (κ1) is 25.3. The van der Waals surface area contributed by atoms with Crippen LogP contribution in [-0.2, 0) is 0 Å². The molecule has 2 aliphatic carbocycles. The smallest absolute Gasteiger partial charge is 0.206 e. The van der Waals surface area contributed by atoms with Crippen molar-refractivity contribution in [3.63, 3.8) is 0 Å². The zero-order valence-electron chi connectivity index (χ0n) is 19.6. The lowest BCUT2D eigenvalue weighted by molar-refractivity contribution is -0.0790. The van der Waals surface area contributed by atoms with Gasteiger partial charge >= 0.3 is 6.18 Å². The first-order chi connectivity index (χ1) is 15.4. The van der Waals surface area contributed by atoms with Crippen LogP contribution in [-0.4, -0.2) is 6.18 Å². The molecular formula is C28H40F4. The molecule has 0 atom stereocenters. The van der Waals surface area contributed by atoms with Crippen molar-refractivity contribution in [2.24, 2.45) is 17.8 Å². The maximum atomic E-state index is 14.3. The molecule has 0 aliphatic heterocycles. The monoisotopic (exact) mass is 452 g/mol. The molecule has 2 fully saturated rings. The van der Waals surface area contributed by atoms with Crippen LogP contribution in [0.2, 0.25) is 0 Å². The van der Waals surface area contributed by atoms with E-state index >= 15 is 0 Å². The molecule has 0 radical (unpaired) electrons. The van der Waals surface area contributed by atoms with E-state index in [4.69, 9.17) is 0 Å². The van der Waals surface area contributed by atoms with E-state index in [9.17, 15) is 17.6 Å². The Balaban J connectivity index is 1.41. The number of allylic oxidation sites excluding steroid dienone is 1. The quantitative estimate of drug-likeness (QED) is 0.258. The maximum absolute atomic E-state index is 14.3. The third-order valence-corrected chi connectivity index (χ3v) is 7.99. The second-order valence-electron chi connectivity index (χ2n) is 10.3. The normalized spacial score (nSPS) is 27.2. The van der Waals surface area contributed by atoms with E-state index in [1.807, 2.05) is 6.07 Å². The van der Waals surface area contributed by atoms with Crippen molar-refractivity contribution >= 4 is 6.08 Å². The summed E-state index contributed by atoms with van der Waals surface area (Å²) in [5, 5.41) is 0. The van der Waals surface area contributed by atoms with Crippen LogP contribution < -0.4 is 0 Å². The summed E-state index contributed by atoms with van der Waals surface area (Å²) in [5.41, 5.74) is 0.943. The van der Waals surface area contributed by atoms with E-state index in [0.29, 0.717) is 5.92 Å². The molecule has 0 N–H and O–H groups in total. The SMILES string of the molecule is CCCCCCCC1CCC(C2CCC(c3ccc(/C=C/C(F)(F)F)c(F)c3)CC2)CC1. The summed E-state index contributed by atoms with van der Waals surface area (Å²) >= 11 is 0. The fourth-order valence-electron chi connectivity index (χ4n) is 6.03. The Morgan fingerprint density at radius 3 is 2.06 bits per heavy atom. The lowest BCUT2D eigenvalue weighted by Gasteiger charge is -2.38. The summed E-state index contributed by atoms with van der Waals surface area (Å²) in [6, 6.07) is 4.76. The molecule has 0 amide bonds. The topological polar surface area (TPSA) is 0 Å². The van der Waals surface area contributed by atoms with Crippen molar-refractivity contribution in [1.82, 2.24) is 0 Å². The van der Waals surface area contributed by atoms with E-state index in [1.165, 1.54) is 89.2 Å². The molecule has 2 aliphatic rings. The predicted octanol–water partition coefficient (Wildman–Crippen LogP) is 9.84. The minimum absolute atomic E-state index is 0.00174. The average molecular weight is 453 g/mol. The van der Waals surface area contributed by atoms with Gasteiger partial charge in [-0.15, -0.1) is 0 Å². The van der Waals surface area contributed by atoms with Crippen LogP contribution in [0.1, 0.15) is 114 Å². The van der Waals surface area contributed by atoms with Crippen LogP contribution in [0.25, 0.3) is 6.08 Å². The highest BCUT2D eigenvalue weighted by atomic mass is 19.4. The van der Waals surface area contributed by atoms with Crippen molar-refractivity contribution in [3.05, 3.63) is 41.2 Å². The number of alkyl halides is 3. The number of hydrogen-bond acceptors (Lipinski definition) is 0. The van der Waals surface area contributed by atoms with E-state index in [0.717, 1.165) is 42.2 Å². The van der Waals surface area contributed by atoms with Gasteiger partial charge in [-0.2, -0.15) is 13.2 Å². The van der Waals surface area contributed by atoms with Crippen molar-refractivity contribution in [2.75, 3.05) is 0 Å². The zero-order chi connectivity index (χ0) is 23.0. The molecule has 32 heavy (non-hydrogen) atoms. The molecule has 0 aromatic heterocycles. The van der Waals surface area contributed by atoms with Crippen LogP contribution in [0.15, 0.2) is 24.3 Å². The average Bonchev–Trinajstić information content (AvgIpc) is 2.78. The number of benzene rings is 1. The fourth-order valence-corrected chi connectivity index (χ4v) is 6.03. The van der Waals surface area contributed by atoms with Gasteiger partial charge in [0.2, 0.25) is 0 Å². The van der Waals surface area contributed by atoms with Gasteiger partial charge in [0.1, 0.15) is 5.82 Å². The van der Waals surface area contributed by atoms with Gasteiger partial charge in [0.15, 0.2) is 0 Å². The van der Waals surface area contributed by atoms with Gasteiger partial charge in [0.25, 0.3) is 0 Å². The third kappa shape index (κ3) is 7.92. The van der Waals surface area contributed by atoms with Gasteiger partial charge in [-0.05, 0) is 79.9 Å². The van der Waals surface area contributed by atoms with E-state index in [1.54, 1.807) is 0 Å². The Labute approximate surface area is 191 Å². The largest absolute Gasteiger partial charge is 0.409 e. The van der Waals surface area contributed by atoms with Gasteiger partial charge in [-0.3, -0.25) is 0 Å². The van der Waals surface area contributed by atoms with Crippen LogP contribution in [0.5, 0.6) is 0 Å². The standard InChI is InChI=1S/C28H40F4/c1-2-3-4-5-6-7-21-8-10-22(11-9-21)23-12-14-24(15-13-23)26-17-16-25(27(29)20-26)18-19-28(30,31)32/h16-24H,2-15H2,1H3/b19-18+. The summed E-state index contributed by atoms with van der Waals surface area (Å²) in [5.74, 6) is 2.38. The summed E-state index contributed by atoms with van der Waals surface area (Å²) < 4.78 is 51.3. The first-order valence-corrected chi connectivity index (χ1v) is 12.9. The van der Waals surface area contributed by atoms with E-state index in [2.05, 4.69) is 6.92 Å². The van der Waals surface area contributed by atoms with Gasteiger partial charge < -0.3 is 0 Å². The lowest BCUT2D eigenvalue weighted by Crippen LogP contribution is -2.25. The number of rotatable bonds is 9. The molecule has 0 bridgehead atoms. The Kier molecular flexibility index (Phi) is 9.67. The third-order valence-electron chi connectivity index (χ3n) is 7.99.